The molecule has 0 atom stereocenters. The van der Waals surface area contributed by atoms with E-state index in [2.05, 4.69) is 9.97 Å². The predicted octanol–water partition coefficient (Wildman–Crippen LogP) is 1.61. The molecule has 0 unspecified atom stereocenters. The van der Waals surface area contributed by atoms with Gasteiger partial charge in [-0.15, -0.1) is 0 Å². The molecule has 1 amide bonds. The number of primary amides is 1. The van der Waals surface area contributed by atoms with Gasteiger partial charge < -0.3 is 5.73 Å². The second kappa shape index (κ2) is 8.81. The summed E-state index contributed by atoms with van der Waals surface area (Å²) in [5.41, 5.74) is 5.63. The molecule has 0 saturated carbocycles. The maximum atomic E-state index is 13.6. The van der Waals surface area contributed by atoms with Gasteiger partial charge in [0.1, 0.15) is 11.4 Å². The number of pyridine rings is 1. The van der Waals surface area contributed by atoms with Crippen molar-refractivity contribution in [1.82, 2.24) is 14.5 Å². The molecule has 9 heteroatoms. The summed E-state index contributed by atoms with van der Waals surface area (Å²) in [5, 5.41) is 9.27. The molecule has 9 nitrogen and oxygen atoms in total. The number of nitrogens with one attached hydrogen (secondary N) is 1. The number of ketones is 1. The topological polar surface area (TPSA) is 152 Å². The Morgan fingerprint density at radius 3 is 2.56 bits per heavy atom. The Morgan fingerprint density at radius 1 is 1.22 bits per heavy atom. The van der Waals surface area contributed by atoms with E-state index in [0.29, 0.717) is 16.7 Å². The van der Waals surface area contributed by atoms with Crippen molar-refractivity contribution in [3.63, 3.8) is 0 Å². The molecule has 0 saturated heterocycles. The number of hydrogen-bond donors (Lipinski definition) is 2. The van der Waals surface area contributed by atoms with Crippen LogP contribution in [-0.4, -0.2) is 26.2 Å². The van der Waals surface area contributed by atoms with Crippen LogP contribution in [0.3, 0.4) is 0 Å². The zero-order valence-electron chi connectivity index (χ0n) is 17.8. The Hall–Kier alpha value is -4.32. The molecule has 1 aromatic carbocycles. The Bertz CT molecular complexity index is 1390. The van der Waals surface area contributed by atoms with Gasteiger partial charge in [-0.2, -0.15) is 5.26 Å². The molecule has 0 aliphatic carbocycles. The Balaban J connectivity index is 2.28. The van der Waals surface area contributed by atoms with E-state index in [0.717, 1.165) is 4.57 Å². The summed E-state index contributed by atoms with van der Waals surface area (Å²) >= 11 is 0. The van der Waals surface area contributed by atoms with Gasteiger partial charge in [0.15, 0.2) is 0 Å². The molecule has 2 heterocycles. The third kappa shape index (κ3) is 4.39. The van der Waals surface area contributed by atoms with E-state index in [1.807, 2.05) is 6.07 Å². The first kappa shape index (κ1) is 22.4. The van der Waals surface area contributed by atoms with Gasteiger partial charge >= 0.3 is 5.69 Å². The predicted molar refractivity (Wildman–Crippen MR) is 117 cm³/mol. The summed E-state index contributed by atoms with van der Waals surface area (Å²) in [7, 11) is 0. The van der Waals surface area contributed by atoms with Crippen molar-refractivity contribution in [1.29, 1.82) is 5.26 Å². The van der Waals surface area contributed by atoms with E-state index in [1.54, 1.807) is 39.0 Å². The number of hydrogen-bond acceptors (Lipinski definition) is 6. The summed E-state index contributed by atoms with van der Waals surface area (Å²) in [6.45, 7) is 5.12. The molecule has 2 aromatic heterocycles. The maximum Gasteiger partial charge on any atom is 0.329 e. The number of carbonyl (C=O) groups is 2. The van der Waals surface area contributed by atoms with E-state index < -0.39 is 22.9 Å². The van der Waals surface area contributed by atoms with Crippen LogP contribution in [-0.2, 0) is 6.54 Å². The van der Waals surface area contributed by atoms with E-state index in [1.165, 1.54) is 18.3 Å². The lowest BCUT2D eigenvalue weighted by Gasteiger charge is -2.18. The van der Waals surface area contributed by atoms with Crippen LogP contribution < -0.4 is 17.0 Å². The zero-order chi connectivity index (χ0) is 23.6. The molecule has 3 aromatic rings. The molecular weight excluding hydrogens is 410 g/mol. The molecule has 0 fully saturated rings. The Kier molecular flexibility index (Phi) is 6.16. The van der Waals surface area contributed by atoms with Crippen LogP contribution in [0.2, 0.25) is 0 Å². The first-order chi connectivity index (χ1) is 15.1. The van der Waals surface area contributed by atoms with Gasteiger partial charge in [-0.05, 0) is 54.3 Å². The largest absolute Gasteiger partial charge is 0.364 e. The van der Waals surface area contributed by atoms with Gasteiger partial charge in [0.05, 0.1) is 18.2 Å². The third-order valence-corrected chi connectivity index (χ3v) is 4.91. The van der Waals surface area contributed by atoms with E-state index in [4.69, 9.17) is 5.73 Å². The van der Waals surface area contributed by atoms with Gasteiger partial charge in [-0.3, -0.25) is 28.9 Å². The van der Waals surface area contributed by atoms with Crippen LogP contribution in [0.4, 0.5) is 0 Å². The Morgan fingerprint density at radius 2 is 1.94 bits per heavy atom. The standard InChI is InChI=1S/C23H21N5O4/c1-12(2)18-19(20(29)16-7-13(3)6-15(8-16)10-24)28(23(32)27-22(18)31)11-14-4-5-26-17(9-14)21(25)30/h4-9,12H,11H2,1-3H3,(H2,25,30)(H,27,31,32). The zero-order valence-corrected chi connectivity index (χ0v) is 17.8. The number of aryl methyl sites for hydroxylation is 1. The molecular formula is C23H21N5O4. The summed E-state index contributed by atoms with van der Waals surface area (Å²) < 4.78 is 1.16. The fourth-order valence-electron chi connectivity index (χ4n) is 3.52. The number of nitriles is 1. The minimum Gasteiger partial charge on any atom is -0.364 e. The van der Waals surface area contributed by atoms with Crippen LogP contribution in [0, 0.1) is 18.3 Å². The lowest BCUT2D eigenvalue weighted by molar-refractivity contribution is 0.0993. The number of benzene rings is 1. The minimum absolute atomic E-state index is 0.00859. The van der Waals surface area contributed by atoms with Gasteiger partial charge in [0.2, 0.25) is 5.78 Å². The molecule has 0 spiro atoms. The summed E-state index contributed by atoms with van der Waals surface area (Å²) in [4.78, 5) is 56.6. The highest BCUT2D eigenvalue weighted by atomic mass is 16.2. The quantitative estimate of drug-likeness (QED) is 0.566. The lowest BCUT2D eigenvalue weighted by atomic mass is 9.95. The molecule has 162 valence electrons. The molecule has 3 rings (SSSR count). The number of H-pyrrole nitrogens is 1. The van der Waals surface area contributed by atoms with Gasteiger partial charge in [-0.1, -0.05) is 13.8 Å². The third-order valence-electron chi connectivity index (χ3n) is 4.91. The van der Waals surface area contributed by atoms with Gasteiger partial charge in [0.25, 0.3) is 11.5 Å². The smallest absolute Gasteiger partial charge is 0.329 e. The minimum atomic E-state index is -0.770. The number of rotatable bonds is 6. The van der Waals surface area contributed by atoms with Crippen molar-refractivity contribution in [2.75, 3.05) is 0 Å². The summed E-state index contributed by atoms with van der Waals surface area (Å²) in [6.07, 6.45) is 1.37. The lowest BCUT2D eigenvalue weighted by Crippen LogP contribution is -2.38. The average Bonchev–Trinajstić information content (AvgIpc) is 2.74. The SMILES string of the molecule is Cc1cc(C#N)cc(C(=O)c2c(C(C)C)c(=O)[nH]c(=O)n2Cc2ccnc(C(N)=O)c2)c1. The van der Waals surface area contributed by atoms with Gasteiger partial charge in [0, 0.05) is 17.3 Å². The first-order valence-electron chi connectivity index (χ1n) is 9.80. The van der Waals surface area contributed by atoms with Crippen LogP contribution in [0.25, 0.3) is 0 Å². The van der Waals surface area contributed by atoms with Crippen molar-refractivity contribution in [3.8, 4) is 6.07 Å². The number of amides is 1. The fourth-order valence-corrected chi connectivity index (χ4v) is 3.52. The first-order valence-corrected chi connectivity index (χ1v) is 9.80. The van der Waals surface area contributed by atoms with Crippen molar-refractivity contribution in [3.05, 3.63) is 96.6 Å². The van der Waals surface area contributed by atoms with E-state index >= 15 is 0 Å². The molecule has 3 N–H and O–H groups in total. The normalized spacial score (nSPS) is 10.7. The molecule has 0 aliphatic heterocycles. The molecule has 0 aliphatic rings. The Labute approximate surface area is 183 Å². The van der Waals surface area contributed by atoms with Crippen LogP contribution in [0.1, 0.15) is 68.6 Å². The second-order valence-corrected chi connectivity index (χ2v) is 7.70. The summed E-state index contributed by atoms with van der Waals surface area (Å²) in [5.74, 6) is -1.66. The second-order valence-electron chi connectivity index (χ2n) is 7.70. The highest BCUT2D eigenvalue weighted by molar-refractivity contribution is 6.09. The average molecular weight is 431 g/mol. The molecule has 32 heavy (non-hydrogen) atoms. The number of aromatic amines is 1. The van der Waals surface area contributed by atoms with Crippen LogP contribution >= 0.6 is 0 Å². The number of aromatic nitrogens is 3. The fraction of sp³-hybridized carbons (Fsp3) is 0.217. The van der Waals surface area contributed by atoms with Crippen molar-refractivity contribution in [2.24, 2.45) is 5.73 Å². The summed E-state index contributed by atoms with van der Waals surface area (Å²) in [6, 6.07) is 9.66. The number of nitrogens with zero attached hydrogens (tertiary/aromatic N) is 3. The maximum absolute atomic E-state index is 13.6. The molecule has 0 bridgehead atoms. The van der Waals surface area contributed by atoms with Crippen molar-refractivity contribution in [2.45, 2.75) is 33.2 Å². The van der Waals surface area contributed by atoms with E-state index in [9.17, 15) is 24.4 Å². The van der Waals surface area contributed by atoms with Crippen LogP contribution in [0.5, 0.6) is 0 Å². The molecule has 0 radical (unpaired) electrons. The highest BCUT2D eigenvalue weighted by Gasteiger charge is 2.25. The van der Waals surface area contributed by atoms with Gasteiger partial charge in [-0.25, -0.2) is 4.79 Å². The number of nitrogens with two attached hydrogens (primary N) is 1. The monoisotopic (exact) mass is 431 g/mol. The highest BCUT2D eigenvalue weighted by Crippen LogP contribution is 2.20. The van der Waals surface area contributed by atoms with Crippen LogP contribution in [0.15, 0.2) is 46.1 Å². The van der Waals surface area contributed by atoms with Crippen molar-refractivity contribution >= 4 is 11.7 Å². The number of carbonyl (C=O) groups excluding carboxylic acids is 2. The van der Waals surface area contributed by atoms with E-state index in [-0.39, 0.29) is 35.0 Å². The van der Waals surface area contributed by atoms with Crippen molar-refractivity contribution < 1.29 is 9.59 Å².